The molecule has 0 radical (unpaired) electrons. The van der Waals surface area contributed by atoms with E-state index in [1.54, 1.807) is 13.2 Å². The first-order valence-corrected chi connectivity index (χ1v) is 12.7. The minimum Gasteiger partial charge on any atom is -0.495 e. The Morgan fingerprint density at radius 1 is 0.912 bits per heavy atom. The summed E-state index contributed by atoms with van der Waals surface area (Å²) in [6.07, 6.45) is 7.17. The molecule has 0 bridgehead atoms. The van der Waals surface area contributed by atoms with Crippen LogP contribution in [0.3, 0.4) is 0 Å². The number of ether oxygens (including phenoxy) is 3. The number of rotatable bonds is 10. The molecule has 6 nitrogen and oxygen atoms in total. The Bertz CT molecular complexity index is 905. The summed E-state index contributed by atoms with van der Waals surface area (Å²) in [6, 6.07) is 15.6. The van der Waals surface area contributed by atoms with Gasteiger partial charge in [-0.3, -0.25) is 4.90 Å². The van der Waals surface area contributed by atoms with Crippen LogP contribution in [-0.2, 0) is 4.74 Å². The van der Waals surface area contributed by atoms with E-state index in [1.165, 1.54) is 32.1 Å². The van der Waals surface area contributed by atoms with Crippen LogP contribution in [0.25, 0.3) is 0 Å². The van der Waals surface area contributed by atoms with Gasteiger partial charge in [0.05, 0.1) is 26.0 Å². The number of para-hydroxylation sites is 3. The van der Waals surface area contributed by atoms with Gasteiger partial charge in [0.1, 0.15) is 17.1 Å². The minimum atomic E-state index is -0.291. The van der Waals surface area contributed by atoms with Crippen molar-refractivity contribution in [1.82, 2.24) is 4.90 Å². The number of carbonyl (C=O) groups excluding carboxylic acids is 1. The van der Waals surface area contributed by atoms with Crippen molar-refractivity contribution in [3.63, 3.8) is 0 Å². The molecule has 6 heteroatoms. The maximum Gasteiger partial charge on any atom is 0.341 e. The molecule has 0 unspecified atom stereocenters. The smallest absolute Gasteiger partial charge is 0.341 e. The third-order valence-electron chi connectivity index (χ3n) is 6.96. The first-order chi connectivity index (χ1) is 16.7. The van der Waals surface area contributed by atoms with Crippen LogP contribution in [0.5, 0.6) is 11.5 Å². The Kier molecular flexibility index (Phi) is 9.08. The molecule has 1 heterocycles. The molecule has 34 heavy (non-hydrogen) atoms. The van der Waals surface area contributed by atoms with Gasteiger partial charge in [-0.1, -0.05) is 43.5 Å². The van der Waals surface area contributed by atoms with E-state index in [0.717, 1.165) is 50.6 Å². The van der Waals surface area contributed by atoms with Gasteiger partial charge >= 0.3 is 5.97 Å². The number of hydrogen-bond acceptors (Lipinski definition) is 6. The summed E-state index contributed by atoms with van der Waals surface area (Å²) in [4.78, 5) is 17.5. The maximum absolute atomic E-state index is 12.7. The van der Waals surface area contributed by atoms with Gasteiger partial charge in [-0.25, -0.2) is 4.79 Å². The van der Waals surface area contributed by atoms with Gasteiger partial charge < -0.3 is 19.1 Å². The Hall–Kier alpha value is -2.73. The highest BCUT2D eigenvalue weighted by atomic mass is 16.5. The van der Waals surface area contributed by atoms with Crippen LogP contribution in [0.4, 0.5) is 5.69 Å². The largest absolute Gasteiger partial charge is 0.495 e. The third-order valence-corrected chi connectivity index (χ3v) is 6.96. The van der Waals surface area contributed by atoms with Crippen molar-refractivity contribution in [1.29, 1.82) is 0 Å². The lowest BCUT2D eigenvalue weighted by Crippen LogP contribution is -2.46. The molecular weight excluding hydrogens is 428 g/mol. The zero-order valence-electron chi connectivity index (χ0n) is 20.4. The van der Waals surface area contributed by atoms with Crippen LogP contribution in [0.1, 0.15) is 48.9 Å². The van der Waals surface area contributed by atoms with Crippen LogP contribution < -0.4 is 14.4 Å². The first kappa shape index (κ1) is 24.4. The van der Waals surface area contributed by atoms with Crippen molar-refractivity contribution in [2.75, 3.05) is 57.9 Å². The van der Waals surface area contributed by atoms with E-state index in [0.29, 0.717) is 30.4 Å². The van der Waals surface area contributed by atoms with Crippen LogP contribution >= 0.6 is 0 Å². The molecule has 0 amide bonds. The molecule has 2 aromatic carbocycles. The molecule has 184 valence electrons. The number of piperazine rings is 1. The van der Waals surface area contributed by atoms with Crippen molar-refractivity contribution < 1.29 is 19.0 Å². The molecule has 0 aromatic heterocycles. The minimum absolute atomic E-state index is 0.291. The molecule has 2 fully saturated rings. The van der Waals surface area contributed by atoms with Gasteiger partial charge in [0.25, 0.3) is 0 Å². The summed E-state index contributed by atoms with van der Waals surface area (Å²) in [5.41, 5.74) is 1.69. The van der Waals surface area contributed by atoms with E-state index in [-0.39, 0.29) is 5.97 Å². The topological polar surface area (TPSA) is 51.2 Å². The molecule has 0 atom stereocenters. The van der Waals surface area contributed by atoms with Gasteiger partial charge in [0, 0.05) is 32.7 Å². The molecule has 1 saturated heterocycles. The summed E-state index contributed by atoms with van der Waals surface area (Å²) in [6.45, 7) is 5.94. The molecule has 2 aromatic rings. The highest BCUT2D eigenvalue weighted by molar-refractivity contribution is 5.92. The highest BCUT2D eigenvalue weighted by Gasteiger charge is 2.20. The third kappa shape index (κ3) is 6.66. The van der Waals surface area contributed by atoms with E-state index in [1.807, 2.05) is 30.3 Å². The number of hydrogen-bond donors (Lipinski definition) is 0. The summed E-state index contributed by atoms with van der Waals surface area (Å²) < 4.78 is 17.1. The summed E-state index contributed by atoms with van der Waals surface area (Å²) in [5.74, 6) is 1.87. The van der Waals surface area contributed by atoms with Crippen LogP contribution in [0.2, 0.25) is 0 Å². The zero-order valence-corrected chi connectivity index (χ0v) is 20.4. The van der Waals surface area contributed by atoms with E-state index < -0.39 is 0 Å². The standard InChI is InChI=1S/C28H38N2O4/c1-32-27-15-8-6-13-25(27)30-19-17-29(18-20-30)16-9-21-33-28(31)24-12-5-7-14-26(24)34-22-23-10-3-2-4-11-23/h5-8,12-15,23H,2-4,9-11,16-22H2,1H3. The second kappa shape index (κ2) is 12.7. The fourth-order valence-electron chi connectivity index (χ4n) is 4.96. The molecule has 4 rings (SSSR count). The van der Waals surface area contributed by atoms with Crippen molar-refractivity contribution in [2.24, 2.45) is 5.92 Å². The second-order valence-corrected chi connectivity index (χ2v) is 9.30. The van der Waals surface area contributed by atoms with E-state index in [4.69, 9.17) is 14.2 Å². The average molecular weight is 467 g/mol. The van der Waals surface area contributed by atoms with Crippen LogP contribution in [-0.4, -0.2) is 63.9 Å². The number of methoxy groups -OCH3 is 1. The molecular formula is C28H38N2O4. The molecule has 1 saturated carbocycles. The van der Waals surface area contributed by atoms with Gasteiger partial charge in [0.15, 0.2) is 0 Å². The van der Waals surface area contributed by atoms with Crippen molar-refractivity contribution in [2.45, 2.75) is 38.5 Å². The maximum atomic E-state index is 12.7. The number of esters is 1. The van der Waals surface area contributed by atoms with Gasteiger partial charge in [-0.05, 0) is 49.4 Å². The number of carbonyl (C=O) groups is 1. The fourth-order valence-corrected chi connectivity index (χ4v) is 4.96. The van der Waals surface area contributed by atoms with E-state index in [9.17, 15) is 4.79 Å². The Labute approximate surface area is 203 Å². The zero-order chi connectivity index (χ0) is 23.6. The predicted octanol–water partition coefficient (Wildman–Crippen LogP) is 5.02. The summed E-state index contributed by atoms with van der Waals surface area (Å²) in [5, 5.41) is 0. The highest BCUT2D eigenvalue weighted by Crippen LogP contribution is 2.28. The Morgan fingerprint density at radius 3 is 2.38 bits per heavy atom. The van der Waals surface area contributed by atoms with Gasteiger partial charge in [-0.2, -0.15) is 0 Å². The summed E-state index contributed by atoms with van der Waals surface area (Å²) >= 11 is 0. The monoisotopic (exact) mass is 466 g/mol. The average Bonchev–Trinajstić information content (AvgIpc) is 2.91. The lowest BCUT2D eigenvalue weighted by molar-refractivity contribution is 0.0481. The second-order valence-electron chi connectivity index (χ2n) is 9.30. The lowest BCUT2D eigenvalue weighted by atomic mass is 9.90. The lowest BCUT2D eigenvalue weighted by Gasteiger charge is -2.36. The molecule has 0 N–H and O–H groups in total. The quantitative estimate of drug-likeness (QED) is 0.362. The molecule has 1 aliphatic heterocycles. The summed E-state index contributed by atoms with van der Waals surface area (Å²) in [7, 11) is 1.72. The van der Waals surface area contributed by atoms with Crippen molar-refractivity contribution in [3.8, 4) is 11.5 Å². The van der Waals surface area contributed by atoms with Gasteiger partial charge in [-0.15, -0.1) is 0 Å². The van der Waals surface area contributed by atoms with E-state index >= 15 is 0 Å². The Balaban J connectivity index is 1.17. The number of anilines is 1. The predicted molar refractivity (Wildman–Crippen MR) is 135 cm³/mol. The van der Waals surface area contributed by atoms with E-state index in [2.05, 4.69) is 21.9 Å². The number of nitrogens with zero attached hydrogens (tertiary/aromatic N) is 2. The van der Waals surface area contributed by atoms with Crippen LogP contribution in [0, 0.1) is 5.92 Å². The number of benzene rings is 2. The fraction of sp³-hybridized carbons (Fsp3) is 0.536. The van der Waals surface area contributed by atoms with Crippen LogP contribution in [0.15, 0.2) is 48.5 Å². The van der Waals surface area contributed by atoms with Gasteiger partial charge in [0.2, 0.25) is 0 Å². The molecule has 0 spiro atoms. The molecule has 2 aliphatic rings. The normalized spacial score (nSPS) is 17.4. The SMILES string of the molecule is COc1ccccc1N1CCN(CCCOC(=O)c2ccccc2OCC2CCCCC2)CC1. The molecule has 1 aliphatic carbocycles. The Morgan fingerprint density at radius 2 is 1.62 bits per heavy atom. The van der Waals surface area contributed by atoms with Crippen molar-refractivity contribution >= 4 is 11.7 Å². The van der Waals surface area contributed by atoms with Crippen molar-refractivity contribution in [3.05, 3.63) is 54.1 Å². The first-order valence-electron chi connectivity index (χ1n) is 12.7.